The van der Waals surface area contributed by atoms with Gasteiger partial charge in [-0.3, -0.25) is 9.58 Å². The van der Waals surface area contributed by atoms with Gasteiger partial charge in [0, 0.05) is 52.9 Å². The van der Waals surface area contributed by atoms with Gasteiger partial charge < -0.3 is 9.80 Å². The van der Waals surface area contributed by atoms with Gasteiger partial charge in [0.1, 0.15) is 5.82 Å². The third-order valence-electron chi connectivity index (χ3n) is 6.12. The van der Waals surface area contributed by atoms with Crippen LogP contribution in [0.3, 0.4) is 0 Å². The van der Waals surface area contributed by atoms with Gasteiger partial charge in [-0.15, -0.1) is 0 Å². The number of rotatable bonds is 4. The highest BCUT2D eigenvalue weighted by molar-refractivity contribution is 5.88. The molecule has 3 aromatic rings. The monoisotopic (exact) mass is 391 g/mol. The summed E-state index contributed by atoms with van der Waals surface area (Å²) in [6.07, 6.45) is 5.70. The smallest absolute Gasteiger partial charge is 0.229 e. The number of fused-ring (bicyclic) bond motifs is 1. The summed E-state index contributed by atoms with van der Waals surface area (Å²) in [7, 11) is 1.97. The maximum absolute atomic E-state index is 5.04. The van der Waals surface area contributed by atoms with Gasteiger partial charge in [0.2, 0.25) is 5.95 Å². The van der Waals surface area contributed by atoms with Crippen LogP contribution in [-0.4, -0.2) is 63.9 Å². The number of nitrogens with zero attached hydrogens (tertiary/aromatic N) is 7. The second kappa shape index (κ2) is 7.99. The molecule has 2 fully saturated rings. The van der Waals surface area contributed by atoms with Crippen LogP contribution < -0.4 is 9.80 Å². The Morgan fingerprint density at radius 3 is 2.34 bits per heavy atom. The van der Waals surface area contributed by atoms with E-state index in [1.807, 2.05) is 17.9 Å². The fourth-order valence-corrected chi connectivity index (χ4v) is 4.43. The molecule has 7 heteroatoms. The molecule has 29 heavy (non-hydrogen) atoms. The Morgan fingerprint density at radius 2 is 1.59 bits per heavy atom. The van der Waals surface area contributed by atoms with Crippen molar-refractivity contribution in [1.82, 2.24) is 24.6 Å². The number of hydrogen-bond acceptors (Lipinski definition) is 6. The third kappa shape index (κ3) is 3.79. The molecule has 0 unspecified atom stereocenters. The SMILES string of the molecule is Cn1ncc2c(N3CCCCC3)nc(N3CCN(Cc4ccccc4)CC3)nc21. The van der Waals surface area contributed by atoms with Crippen molar-refractivity contribution >= 4 is 22.8 Å². The maximum Gasteiger partial charge on any atom is 0.229 e. The Morgan fingerprint density at radius 1 is 0.828 bits per heavy atom. The summed E-state index contributed by atoms with van der Waals surface area (Å²) in [5.74, 6) is 1.91. The van der Waals surface area contributed by atoms with E-state index in [4.69, 9.17) is 9.97 Å². The number of benzene rings is 1. The van der Waals surface area contributed by atoms with E-state index >= 15 is 0 Å². The second-order valence-corrected chi connectivity index (χ2v) is 8.15. The number of aryl methyl sites for hydroxylation is 1. The van der Waals surface area contributed by atoms with Gasteiger partial charge in [0.15, 0.2) is 5.65 Å². The Hall–Kier alpha value is -2.67. The molecule has 2 saturated heterocycles. The topological polar surface area (TPSA) is 53.3 Å². The average Bonchev–Trinajstić information content (AvgIpc) is 3.16. The molecule has 2 aliphatic heterocycles. The summed E-state index contributed by atoms with van der Waals surface area (Å²) in [6, 6.07) is 10.7. The lowest BCUT2D eigenvalue weighted by Crippen LogP contribution is -2.46. The number of hydrogen-bond donors (Lipinski definition) is 0. The first kappa shape index (κ1) is 18.4. The Bertz CT molecular complexity index is 954. The number of anilines is 2. The largest absolute Gasteiger partial charge is 0.356 e. The summed E-state index contributed by atoms with van der Waals surface area (Å²) in [5.41, 5.74) is 2.31. The lowest BCUT2D eigenvalue weighted by molar-refractivity contribution is 0.249. The molecular weight excluding hydrogens is 362 g/mol. The molecule has 2 aliphatic rings. The molecule has 1 aromatic carbocycles. The standard InChI is InChI=1S/C22H29N7/c1-26-20-19(16-23-26)21(28-10-6-3-7-11-28)25-22(24-20)29-14-12-27(13-15-29)17-18-8-4-2-5-9-18/h2,4-5,8-9,16H,3,6-7,10-15,17H2,1H3. The van der Waals surface area contributed by atoms with Crippen LogP contribution in [0.5, 0.6) is 0 Å². The zero-order chi connectivity index (χ0) is 19.6. The van der Waals surface area contributed by atoms with Crippen molar-refractivity contribution in [3.8, 4) is 0 Å². The van der Waals surface area contributed by atoms with Gasteiger partial charge in [0.25, 0.3) is 0 Å². The molecule has 0 amide bonds. The highest BCUT2D eigenvalue weighted by Gasteiger charge is 2.24. The van der Waals surface area contributed by atoms with Crippen molar-refractivity contribution < 1.29 is 0 Å². The summed E-state index contributed by atoms with van der Waals surface area (Å²) in [4.78, 5) is 17.2. The van der Waals surface area contributed by atoms with E-state index in [0.29, 0.717) is 0 Å². The number of piperazine rings is 1. The fourth-order valence-electron chi connectivity index (χ4n) is 4.43. The molecule has 0 radical (unpaired) electrons. The van der Waals surface area contributed by atoms with Crippen molar-refractivity contribution in [2.24, 2.45) is 7.05 Å². The van der Waals surface area contributed by atoms with Crippen molar-refractivity contribution in [2.75, 3.05) is 49.1 Å². The van der Waals surface area contributed by atoms with E-state index < -0.39 is 0 Å². The van der Waals surface area contributed by atoms with Gasteiger partial charge in [-0.25, -0.2) is 0 Å². The van der Waals surface area contributed by atoms with Crippen molar-refractivity contribution in [2.45, 2.75) is 25.8 Å². The quantitative estimate of drug-likeness (QED) is 0.682. The molecule has 152 valence electrons. The minimum absolute atomic E-state index is 0.848. The first-order valence-electron chi connectivity index (χ1n) is 10.7. The minimum Gasteiger partial charge on any atom is -0.356 e. The molecule has 4 heterocycles. The molecule has 0 atom stereocenters. The van der Waals surface area contributed by atoms with Crippen LogP contribution in [-0.2, 0) is 13.6 Å². The highest BCUT2D eigenvalue weighted by Crippen LogP contribution is 2.28. The van der Waals surface area contributed by atoms with Crippen molar-refractivity contribution in [3.05, 3.63) is 42.1 Å². The molecule has 5 rings (SSSR count). The van der Waals surface area contributed by atoms with Gasteiger partial charge in [0.05, 0.1) is 11.6 Å². The van der Waals surface area contributed by atoms with Crippen LogP contribution in [0.15, 0.2) is 36.5 Å². The van der Waals surface area contributed by atoms with Crippen LogP contribution in [0.25, 0.3) is 11.0 Å². The summed E-state index contributed by atoms with van der Waals surface area (Å²) >= 11 is 0. The average molecular weight is 392 g/mol. The zero-order valence-electron chi connectivity index (χ0n) is 17.2. The van der Waals surface area contributed by atoms with E-state index in [1.54, 1.807) is 0 Å². The van der Waals surface area contributed by atoms with Gasteiger partial charge >= 0.3 is 0 Å². The van der Waals surface area contributed by atoms with E-state index in [9.17, 15) is 0 Å². The predicted octanol–water partition coefficient (Wildman–Crippen LogP) is 2.68. The summed E-state index contributed by atoms with van der Waals surface area (Å²) in [6.45, 7) is 7.12. The molecule has 0 saturated carbocycles. The predicted molar refractivity (Wildman–Crippen MR) is 116 cm³/mol. The molecule has 7 nitrogen and oxygen atoms in total. The Balaban J connectivity index is 1.36. The van der Waals surface area contributed by atoms with E-state index in [1.165, 1.54) is 24.8 Å². The Kier molecular flexibility index (Phi) is 5.06. The van der Waals surface area contributed by atoms with Crippen LogP contribution in [0.4, 0.5) is 11.8 Å². The van der Waals surface area contributed by atoms with Crippen LogP contribution in [0.2, 0.25) is 0 Å². The van der Waals surface area contributed by atoms with Crippen LogP contribution >= 0.6 is 0 Å². The second-order valence-electron chi connectivity index (χ2n) is 8.15. The molecule has 0 N–H and O–H groups in total. The first-order chi connectivity index (χ1) is 14.3. The van der Waals surface area contributed by atoms with Crippen LogP contribution in [0.1, 0.15) is 24.8 Å². The van der Waals surface area contributed by atoms with E-state index in [0.717, 1.165) is 68.6 Å². The first-order valence-corrected chi connectivity index (χ1v) is 10.7. The normalized spacial score (nSPS) is 18.5. The van der Waals surface area contributed by atoms with Crippen molar-refractivity contribution in [1.29, 1.82) is 0 Å². The highest BCUT2D eigenvalue weighted by atomic mass is 15.4. The summed E-state index contributed by atoms with van der Waals surface area (Å²) < 4.78 is 1.87. The maximum atomic E-state index is 5.04. The molecule has 0 bridgehead atoms. The number of aromatic nitrogens is 4. The fraction of sp³-hybridized carbons (Fsp3) is 0.500. The zero-order valence-corrected chi connectivity index (χ0v) is 17.2. The van der Waals surface area contributed by atoms with Crippen molar-refractivity contribution in [3.63, 3.8) is 0 Å². The summed E-state index contributed by atoms with van der Waals surface area (Å²) in [5, 5.41) is 5.53. The van der Waals surface area contributed by atoms with Gasteiger partial charge in [-0.2, -0.15) is 15.1 Å². The lowest BCUT2D eigenvalue weighted by Gasteiger charge is -2.35. The molecule has 0 aliphatic carbocycles. The lowest BCUT2D eigenvalue weighted by atomic mass is 10.1. The third-order valence-corrected chi connectivity index (χ3v) is 6.12. The Labute approximate surface area is 171 Å². The van der Waals surface area contributed by atoms with Crippen LogP contribution in [0, 0.1) is 0 Å². The molecular formula is C22H29N7. The molecule has 2 aromatic heterocycles. The van der Waals surface area contributed by atoms with Gasteiger partial charge in [-0.1, -0.05) is 30.3 Å². The van der Waals surface area contributed by atoms with Gasteiger partial charge in [-0.05, 0) is 24.8 Å². The van der Waals surface area contributed by atoms with E-state index in [-0.39, 0.29) is 0 Å². The number of piperidine rings is 1. The minimum atomic E-state index is 0.848. The molecule has 0 spiro atoms. The van der Waals surface area contributed by atoms with E-state index in [2.05, 4.69) is 50.1 Å².